The van der Waals surface area contributed by atoms with Gasteiger partial charge in [-0.1, -0.05) is 48.5 Å². The number of rotatable bonds is 3. The van der Waals surface area contributed by atoms with Gasteiger partial charge in [-0.2, -0.15) is 0 Å². The zero-order valence-electron chi connectivity index (χ0n) is 13.6. The van der Waals surface area contributed by atoms with E-state index in [9.17, 15) is 9.59 Å². The number of ether oxygens (including phenoxy) is 1. The molecule has 0 N–H and O–H groups in total. The number of nitrogens with zero attached hydrogens (tertiary/aromatic N) is 1. The van der Waals surface area contributed by atoms with Crippen LogP contribution >= 0.6 is 0 Å². The zero-order valence-corrected chi connectivity index (χ0v) is 13.6. The molecule has 4 nitrogen and oxygen atoms in total. The van der Waals surface area contributed by atoms with Gasteiger partial charge in [0.2, 0.25) is 0 Å². The number of methoxy groups -OCH3 is 1. The molecule has 4 heteroatoms. The van der Waals surface area contributed by atoms with Crippen LogP contribution in [0.4, 0.5) is 0 Å². The van der Waals surface area contributed by atoms with Crippen molar-refractivity contribution in [3.05, 3.63) is 78.5 Å². The standard InChI is InChI=1S/C21H15NO3/c1-25-21(24)20(23)18-13-22(19-9-5-4-8-17(18)19)16-11-10-14-6-2-3-7-15(14)12-16/h2-13H,1H3. The first-order valence-electron chi connectivity index (χ1n) is 7.91. The van der Waals surface area contributed by atoms with Gasteiger partial charge in [-0.3, -0.25) is 4.79 Å². The Morgan fingerprint density at radius 3 is 2.40 bits per heavy atom. The lowest BCUT2D eigenvalue weighted by molar-refractivity contribution is -0.135. The summed E-state index contributed by atoms with van der Waals surface area (Å²) in [5.41, 5.74) is 2.14. The van der Waals surface area contributed by atoms with Crippen LogP contribution < -0.4 is 0 Å². The largest absolute Gasteiger partial charge is 0.463 e. The number of carbonyl (C=O) groups excluding carboxylic acids is 2. The molecule has 0 bridgehead atoms. The van der Waals surface area contributed by atoms with Crippen molar-refractivity contribution in [2.45, 2.75) is 0 Å². The monoisotopic (exact) mass is 329 g/mol. The maximum atomic E-state index is 12.4. The summed E-state index contributed by atoms with van der Waals surface area (Å²) >= 11 is 0. The molecule has 0 fully saturated rings. The SMILES string of the molecule is COC(=O)C(=O)c1cn(-c2ccc3ccccc3c2)c2ccccc12. The van der Waals surface area contributed by atoms with Crippen molar-refractivity contribution in [1.82, 2.24) is 4.57 Å². The third kappa shape index (κ3) is 2.48. The van der Waals surface area contributed by atoms with E-state index in [0.29, 0.717) is 5.56 Å². The van der Waals surface area contributed by atoms with Gasteiger partial charge in [0.05, 0.1) is 18.2 Å². The second-order valence-corrected chi connectivity index (χ2v) is 5.78. The number of fused-ring (bicyclic) bond motifs is 2. The number of hydrogen-bond donors (Lipinski definition) is 0. The highest BCUT2D eigenvalue weighted by molar-refractivity contribution is 6.43. The maximum absolute atomic E-state index is 12.4. The summed E-state index contributed by atoms with van der Waals surface area (Å²) in [5.74, 6) is -1.50. The van der Waals surface area contributed by atoms with E-state index in [-0.39, 0.29) is 0 Å². The van der Waals surface area contributed by atoms with Gasteiger partial charge in [-0.15, -0.1) is 0 Å². The third-order valence-electron chi connectivity index (χ3n) is 4.34. The highest BCUT2D eigenvalue weighted by Gasteiger charge is 2.22. The third-order valence-corrected chi connectivity index (χ3v) is 4.34. The van der Waals surface area contributed by atoms with Gasteiger partial charge in [-0.05, 0) is 29.0 Å². The summed E-state index contributed by atoms with van der Waals surface area (Å²) in [6.07, 6.45) is 1.70. The summed E-state index contributed by atoms with van der Waals surface area (Å²) in [7, 11) is 1.21. The molecule has 4 rings (SSSR count). The van der Waals surface area contributed by atoms with Crippen LogP contribution in [0.3, 0.4) is 0 Å². The van der Waals surface area contributed by atoms with Crippen LogP contribution in [-0.2, 0) is 9.53 Å². The zero-order chi connectivity index (χ0) is 17.4. The molecule has 1 heterocycles. The lowest BCUT2D eigenvalue weighted by atomic mass is 10.1. The first kappa shape index (κ1) is 15.1. The molecule has 0 aliphatic heterocycles. The number of benzene rings is 3. The molecule has 0 aliphatic rings. The van der Waals surface area contributed by atoms with E-state index in [4.69, 9.17) is 0 Å². The summed E-state index contributed by atoms with van der Waals surface area (Å²) in [4.78, 5) is 24.1. The molecule has 0 saturated heterocycles. The van der Waals surface area contributed by atoms with Crippen LogP contribution in [0.15, 0.2) is 72.9 Å². The number of ketones is 1. The van der Waals surface area contributed by atoms with E-state index in [2.05, 4.69) is 16.9 Å². The van der Waals surface area contributed by atoms with Gasteiger partial charge >= 0.3 is 5.97 Å². The Morgan fingerprint density at radius 2 is 1.60 bits per heavy atom. The highest BCUT2D eigenvalue weighted by Crippen LogP contribution is 2.27. The van der Waals surface area contributed by atoms with E-state index in [1.807, 2.05) is 59.2 Å². The van der Waals surface area contributed by atoms with E-state index in [0.717, 1.165) is 27.4 Å². The summed E-state index contributed by atoms with van der Waals surface area (Å²) in [6.45, 7) is 0. The topological polar surface area (TPSA) is 48.3 Å². The van der Waals surface area contributed by atoms with Crippen LogP contribution in [0.25, 0.3) is 27.4 Å². The van der Waals surface area contributed by atoms with E-state index >= 15 is 0 Å². The lowest BCUT2D eigenvalue weighted by Gasteiger charge is -2.07. The van der Waals surface area contributed by atoms with Crippen molar-refractivity contribution in [1.29, 1.82) is 0 Å². The van der Waals surface area contributed by atoms with Crippen LogP contribution in [0.2, 0.25) is 0 Å². The Bertz CT molecular complexity index is 1120. The summed E-state index contributed by atoms with van der Waals surface area (Å²) < 4.78 is 6.52. The summed E-state index contributed by atoms with van der Waals surface area (Å²) in [6, 6.07) is 21.7. The minimum absolute atomic E-state index is 0.343. The molecular weight excluding hydrogens is 314 g/mol. The predicted octanol–water partition coefficient (Wildman–Crippen LogP) is 4.14. The van der Waals surface area contributed by atoms with Gasteiger partial charge in [0, 0.05) is 17.3 Å². The Balaban J connectivity index is 1.95. The number of aromatic nitrogens is 1. The normalized spacial score (nSPS) is 10.9. The number of hydrogen-bond acceptors (Lipinski definition) is 3. The Kier molecular flexibility index (Phi) is 3.58. The first-order chi connectivity index (χ1) is 12.2. The average molecular weight is 329 g/mol. The average Bonchev–Trinajstić information content (AvgIpc) is 3.06. The Labute approximate surface area is 144 Å². The second kappa shape index (κ2) is 5.91. The van der Waals surface area contributed by atoms with Crippen LogP contribution in [0, 0.1) is 0 Å². The van der Waals surface area contributed by atoms with Crippen LogP contribution in [0.5, 0.6) is 0 Å². The number of para-hydroxylation sites is 1. The summed E-state index contributed by atoms with van der Waals surface area (Å²) in [5, 5.41) is 2.98. The van der Waals surface area contributed by atoms with E-state index in [1.54, 1.807) is 6.20 Å². The van der Waals surface area contributed by atoms with Crippen molar-refractivity contribution in [3.8, 4) is 5.69 Å². The van der Waals surface area contributed by atoms with Crippen LogP contribution in [0.1, 0.15) is 10.4 Å². The van der Waals surface area contributed by atoms with Crippen molar-refractivity contribution in [3.63, 3.8) is 0 Å². The Morgan fingerprint density at radius 1 is 0.880 bits per heavy atom. The molecule has 0 radical (unpaired) electrons. The smallest absolute Gasteiger partial charge is 0.379 e. The van der Waals surface area contributed by atoms with Crippen LogP contribution in [-0.4, -0.2) is 23.4 Å². The number of Topliss-reactive ketones (excluding diaryl/α,β-unsaturated/α-hetero) is 1. The molecule has 0 atom stereocenters. The molecule has 4 aromatic rings. The van der Waals surface area contributed by atoms with Gasteiger partial charge in [0.25, 0.3) is 5.78 Å². The molecule has 122 valence electrons. The molecule has 0 spiro atoms. The molecule has 0 aliphatic carbocycles. The number of carbonyl (C=O) groups is 2. The predicted molar refractivity (Wildman–Crippen MR) is 97.1 cm³/mol. The van der Waals surface area contributed by atoms with Gasteiger partial charge in [0.1, 0.15) is 0 Å². The second-order valence-electron chi connectivity index (χ2n) is 5.78. The van der Waals surface area contributed by atoms with Crippen molar-refractivity contribution < 1.29 is 14.3 Å². The van der Waals surface area contributed by atoms with Crippen molar-refractivity contribution in [2.24, 2.45) is 0 Å². The van der Waals surface area contributed by atoms with Gasteiger partial charge < -0.3 is 9.30 Å². The fourth-order valence-corrected chi connectivity index (χ4v) is 3.10. The molecule has 1 aromatic heterocycles. The van der Waals surface area contributed by atoms with Crippen molar-refractivity contribution >= 4 is 33.4 Å². The molecule has 25 heavy (non-hydrogen) atoms. The van der Waals surface area contributed by atoms with Gasteiger partial charge in [-0.25, -0.2) is 4.79 Å². The fourth-order valence-electron chi connectivity index (χ4n) is 3.10. The fraction of sp³-hybridized carbons (Fsp3) is 0.0476. The Hall–Kier alpha value is -3.40. The molecular formula is C21H15NO3. The molecule has 0 amide bonds. The maximum Gasteiger partial charge on any atom is 0.379 e. The molecule has 3 aromatic carbocycles. The minimum atomic E-state index is -0.860. The molecule has 0 unspecified atom stereocenters. The molecule has 0 saturated carbocycles. The minimum Gasteiger partial charge on any atom is -0.463 e. The van der Waals surface area contributed by atoms with E-state index in [1.165, 1.54) is 7.11 Å². The first-order valence-corrected chi connectivity index (χ1v) is 7.91. The lowest BCUT2D eigenvalue weighted by Crippen LogP contribution is -2.15. The van der Waals surface area contributed by atoms with Gasteiger partial charge in [0.15, 0.2) is 0 Å². The highest BCUT2D eigenvalue weighted by atomic mass is 16.5. The number of esters is 1. The van der Waals surface area contributed by atoms with Crippen molar-refractivity contribution in [2.75, 3.05) is 7.11 Å². The van der Waals surface area contributed by atoms with E-state index < -0.39 is 11.8 Å². The quantitative estimate of drug-likeness (QED) is 0.322.